The molecule has 37 heavy (non-hydrogen) atoms. The van der Waals surface area contributed by atoms with Gasteiger partial charge in [-0.25, -0.2) is 8.42 Å². The third-order valence-electron chi connectivity index (χ3n) is 10.5. The highest BCUT2D eigenvalue weighted by atomic mass is 32.2. The Bertz CT molecular complexity index is 1100. The van der Waals surface area contributed by atoms with E-state index in [0.717, 1.165) is 0 Å². The van der Waals surface area contributed by atoms with E-state index < -0.39 is 33.4 Å². The number of hydrogen-bond acceptors (Lipinski definition) is 8. The Morgan fingerprint density at radius 2 is 1.81 bits per heavy atom. The maximum absolute atomic E-state index is 13.8. The van der Waals surface area contributed by atoms with Crippen molar-refractivity contribution in [1.29, 1.82) is 0 Å². The van der Waals surface area contributed by atoms with Gasteiger partial charge >= 0.3 is 11.2 Å². The van der Waals surface area contributed by atoms with Crippen LogP contribution in [0.3, 0.4) is 0 Å². The number of ketones is 3. The number of fused-ring (bicyclic) bond motifs is 5. The Labute approximate surface area is 216 Å². The Balaban J connectivity index is 1.44. The van der Waals surface area contributed by atoms with Crippen LogP contribution in [0.4, 0.5) is 8.78 Å². The Kier molecular flexibility index (Phi) is 7.23. The first kappa shape index (κ1) is 28.3. The van der Waals surface area contributed by atoms with Crippen molar-refractivity contribution in [1.82, 2.24) is 0 Å². The van der Waals surface area contributed by atoms with E-state index in [1.54, 1.807) is 0 Å². The predicted molar refractivity (Wildman–Crippen MR) is 125 cm³/mol. The molecule has 0 heterocycles. The van der Waals surface area contributed by atoms with Crippen molar-refractivity contribution in [2.75, 3.05) is 6.61 Å². The highest BCUT2D eigenvalue weighted by Gasteiger charge is 2.66. The third kappa shape index (κ3) is 4.68. The summed E-state index contributed by atoms with van der Waals surface area (Å²) in [7, 11) is -5.94. The maximum atomic E-state index is 13.8. The minimum Gasteiger partial charge on any atom is -0.743 e. The fourth-order valence-corrected chi connectivity index (χ4v) is 8.45. The molecule has 0 saturated heterocycles. The second-order valence-corrected chi connectivity index (χ2v) is 13.7. The van der Waals surface area contributed by atoms with Crippen molar-refractivity contribution in [2.45, 2.75) is 83.8 Å². The topological polar surface area (TPSA) is 135 Å². The van der Waals surface area contributed by atoms with Crippen LogP contribution in [0.25, 0.3) is 0 Å². The molecule has 4 unspecified atom stereocenters. The average Bonchev–Trinajstić information content (AvgIpc) is 3.16. The fourth-order valence-electron chi connectivity index (χ4n) is 8.25. The van der Waals surface area contributed by atoms with Crippen molar-refractivity contribution >= 4 is 33.4 Å². The van der Waals surface area contributed by atoms with Crippen molar-refractivity contribution < 1.29 is 45.7 Å². The van der Waals surface area contributed by atoms with Crippen molar-refractivity contribution in [3.05, 3.63) is 0 Å². The van der Waals surface area contributed by atoms with E-state index in [1.807, 2.05) is 13.8 Å². The lowest BCUT2D eigenvalue weighted by molar-refractivity contribution is -0.166. The van der Waals surface area contributed by atoms with Crippen molar-refractivity contribution in [3.63, 3.8) is 0 Å². The molecule has 4 rings (SSSR count). The van der Waals surface area contributed by atoms with E-state index in [-0.39, 0.29) is 71.1 Å². The van der Waals surface area contributed by atoms with E-state index in [2.05, 4.69) is 11.7 Å². The molecule has 0 aliphatic heterocycles. The summed E-state index contributed by atoms with van der Waals surface area (Å²) in [5, 5.41) is -4.70. The molecule has 4 aliphatic carbocycles. The number of hydrogen-bond donors (Lipinski definition) is 0. The Morgan fingerprint density at radius 1 is 1.14 bits per heavy atom. The number of carbonyl (C=O) groups excluding carboxylic acids is 4. The van der Waals surface area contributed by atoms with E-state index in [4.69, 9.17) is 0 Å². The molecule has 8 atom stereocenters. The Hall–Kier alpha value is -1.75. The monoisotopic (exact) mass is 545 g/mol. The van der Waals surface area contributed by atoms with E-state index in [9.17, 15) is 40.9 Å². The average molecular weight is 546 g/mol. The van der Waals surface area contributed by atoms with Gasteiger partial charge in [0.15, 0.2) is 16.7 Å². The van der Waals surface area contributed by atoms with Gasteiger partial charge < -0.3 is 9.29 Å². The van der Waals surface area contributed by atoms with Crippen LogP contribution in [0, 0.1) is 46.3 Å². The summed E-state index contributed by atoms with van der Waals surface area (Å²) >= 11 is 0. The van der Waals surface area contributed by atoms with Gasteiger partial charge in [0.25, 0.3) is 0 Å². The van der Waals surface area contributed by atoms with Gasteiger partial charge in [0.05, 0.1) is 0 Å². The Morgan fingerprint density at radius 3 is 2.46 bits per heavy atom. The number of Topliss-reactive ketones (excluding diaryl/α,β-unsaturated/α-hetero) is 3. The van der Waals surface area contributed by atoms with Gasteiger partial charge in [-0.1, -0.05) is 20.8 Å². The summed E-state index contributed by atoms with van der Waals surface area (Å²) in [6.45, 7) is 4.12. The summed E-state index contributed by atoms with van der Waals surface area (Å²) < 4.78 is 62.6. The first-order valence-electron chi connectivity index (χ1n) is 13.1. The van der Waals surface area contributed by atoms with E-state index >= 15 is 0 Å². The number of rotatable bonds is 7. The molecule has 4 saturated carbocycles. The predicted octanol–water partition coefficient (Wildman–Crippen LogP) is 3.67. The van der Waals surface area contributed by atoms with Crippen LogP contribution in [0.2, 0.25) is 0 Å². The van der Waals surface area contributed by atoms with Crippen LogP contribution < -0.4 is 0 Å². The van der Waals surface area contributed by atoms with Crippen LogP contribution in [-0.2, 0) is 34.0 Å². The summed E-state index contributed by atoms with van der Waals surface area (Å²) in [5.74, 6) is -1.26. The lowest BCUT2D eigenvalue weighted by Crippen LogP contribution is -2.60. The number of alkyl halides is 2. The standard InChI is InChI=1S/C26H36F2O8S/c1-14(4-7-22(32)36-13-26(27,28)37(33,34)35)17-5-6-18-23-19(12-21(31)25(17,18)3)24(2)9-8-16(29)10-15(24)11-20(23)30/h14-15,17-19,23H,4-13H2,1-3H3,(H,33,34,35)/p-1/t14-,15?,17-,18?,19?,23?,24+,25-/m1/s1. The smallest absolute Gasteiger partial charge is 0.367 e. The molecule has 0 aromatic carbocycles. The highest BCUT2D eigenvalue weighted by Crippen LogP contribution is 2.66. The number of esters is 1. The molecule has 8 nitrogen and oxygen atoms in total. The molecule has 0 aromatic rings. The highest BCUT2D eigenvalue weighted by molar-refractivity contribution is 7.86. The minimum atomic E-state index is -5.94. The molecule has 0 radical (unpaired) electrons. The van der Waals surface area contributed by atoms with Gasteiger partial charge in [-0.2, -0.15) is 8.78 Å². The molecule has 4 aliphatic rings. The largest absolute Gasteiger partial charge is 0.743 e. The molecular weight excluding hydrogens is 510 g/mol. The van der Waals surface area contributed by atoms with Crippen LogP contribution in [0.1, 0.15) is 78.6 Å². The van der Waals surface area contributed by atoms with Crippen LogP contribution >= 0.6 is 0 Å². The summed E-state index contributed by atoms with van der Waals surface area (Å²) in [4.78, 5) is 51.3. The summed E-state index contributed by atoms with van der Waals surface area (Å²) in [6, 6.07) is 0. The van der Waals surface area contributed by atoms with Gasteiger partial charge in [-0.15, -0.1) is 0 Å². The lowest BCUT2D eigenvalue weighted by Gasteiger charge is -2.58. The number of halogens is 2. The summed E-state index contributed by atoms with van der Waals surface area (Å²) in [5.41, 5.74) is -0.950. The van der Waals surface area contributed by atoms with Gasteiger partial charge in [-0.05, 0) is 60.7 Å². The molecule has 11 heteroatoms. The first-order chi connectivity index (χ1) is 17.0. The second-order valence-electron chi connectivity index (χ2n) is 12.2. The normalized spacial score (nSPS) is 39.0. The van der Waals surface area contributed by atoms with Gasteiger partial charge in [0, 0.05) is 43.4 Å². The van der Waals surface area contributed by atoms with Crippen molar-refractivity contribution in [2.24, 2.45) is 46.3 Å². The fraction of sp³-hybridized carbons (Fsp3) is 0.846. The van der Waals surface area contributed by atoms with Crippen molar-refractivity contribution in [3.8, 4) is 0 Å². The third-order valence-corrected chi connectivity index (χ3v) is 11.3. The molecule has 0 aromatic heterocycles. The minimum absolute atomic E-state index is 0.00854. The van der Waals surface area contributed by atoms with Gasteiger partial charge in [-0.3, -0.25) is 19.2 Å². The van der Waals surface area contributed by atoms with E-state index in [1.165, 1.54) is 0 Å². The van der Waals surface area contributed by atoms with Crippen LogP contribution in [-0.4, -0.2) is 48.2 Å². The maximum Gasteiger partial charge on any atom is 0.367 e. The molecule has 208 valence electrons. The number of carbonyl (C=O) groups is 4. The van der Waals surface area contributed by atoms with Crippen LogP contribution in [0.15, 0.2) is 0 Å². The SMILES string of the molecule is C[C@H](CCC(=O)OCC(F)(F)S(=O)(=O)[O-])[C@H]1CCC2C3C(=O)CC4CC(=O)CC[C@]4(C)C3CC(=O)[C@@]21C. The molecule has 0 spiro atoms. The second kappa shape index (κ2) is 9.47. The zero-order valence-electron chi connectivity index (χ0n) is 21.5. The quantitative estimate of drug-likeness (QED) is 0.349. The summed E-state index contributed by atoms with van der Waals surface area (Å²) in [6.07, 6.45) is 3.66. The molecule has 4 fully saturated rings. The molecule has 0 N–H and O–H groups in total. The lowest BCUT2D eigenvalue weighted by atomic mass is 9.44. The van der Waals surface area contributed by atoms with Gasteiger partial charge in [0.1, 0.15) is 17.3 Å². The zero-order valence-corrected chi connectivity index (χ0v) is 22.3. The molecular formula is C26H35F2O8S-. The molecule has 0 bridgehead atoms. The van der Waals surface area contributed by atoms with Gasteiger partial charge in [0.2, 0.25) is 0 Å². The van der Waals surface area contributed by atoms with Crippen LogP contribution in [0.5, 0.6) is 0 Å². The number of ether oxygens (including phenoxy) is 1. The molecule has 0 amide bonds. The zero-order chi connectivity index (χ0) is 27.6. The first-order valence-corrected chi connectivity index (χ1v) is 14.5. The van der Waals surface area contributed by atoms with E-state index in [0.29, 0.717) is 44.9 Å².